The van der Waals surface area contributed by atoms with Crippen LogP contribution in [0.3, 0.4) is 0 Å². The lowest BCUT2D eigenvalue weighted by Gasteiger charge is -2.20. The summed E-state index contributed by atoms with van der Waals surface area (Å²) in [4.78, 5) is 0. The van der Waals surface area contributed by atoms with Crippen LogP contribution in [0.2, 0.25) is 0 Å². The van der Waals surface area contributed by atoms with Gasteiger partial charge in [0.1, 0.15) is 20.0 Å². The highest BCUT2D eigenvalue weighted by molar-refractivity contribution is 4.75. The van der Waals surface area contributed by atoms with Crippen molar-refractivity contribution in [3.63, 3.8) is 0 Å². The molecular formula is C6H11F3. The van der Waals surface area contributed by atoms with E-state index in [-0.39, 0.29) is 6.42 Å². The second kappa shape index (κ2) is 3.75. The molecule has 0 aromatic carbocycles. The Kier molecular flexibility index (Phi) is 3.66. The fourth-order valence-electron chi connectivity index (χ4n) is 0.391. The average molecular weight is 140 g/mol. The Morgan fingerprint density at radius 2 is 1.33 bits per heavy atom. The van der Waals surface area contributed by atoms with Crippen LogP contribution >= 0.6 is 0 Å². The van der Waals surface area contributed by atoms with Gasteiger partial charge in [0.25, 0.3) is 0 Å². The highest BCUT2D eigenvalue weighted by Gasteiger charge is 2.28. The molecule has 0 fully saturated rings. The van der Waals surface area contributed by atoms with Crippen LogP contribution in [0, 0.1) is 5.41 Å². The van der Waals surface area contributed by atoms with Gasteiger partial charge in [0.15, 0.2) is 0 Å². The number of hydrogen-bond donors (Lipinski definition) is 0. The first kappa shape index (κ1) is 8.79. The van der Waals surface area contributed by atoms with Crippen molar-refractivity contribution in [3.8, 4) is 0 Å². The van der Waals surface area contributed by atoms with Gasteiger partial charge in [0, 0.05) is 0 Å². The Balaban J connectivity index is 3.82. The number of rotatable bonds is 4. The number of alkyl halides is 3. The molecule has 56 valence electrons. The quantitative estimate of drug-likeness (QED) is 0.562. The van der Waals surface area contributed by atoms with Crippen LogP contribution in [-0.4, -0.2) is 20.0 Å². The molecule has 0 radical (unpaired) electrons. The van der Waals surface area contributed by atoms with E-state index in [2.05, 4.69) is 0 Å². The lowest BCUT2D eigenvalue weighted by Crippen LogP contribution is -2.27. The normalized spacial score (nSPS) is 12.0. The van der Waals surface area contributed by atoms with Gasteiger partial charge in [0.05, 0.1) is 5.41 Å². The van der Waals surface area contributed by atoms with Gasteiger partial charge in [-0.1, -0.05) is 6.92 Å². The third kappa shape index (κ3) is 1.88. The molecular weight excluding hydrogens is 129 g/mol. The van der Waals surface area contributed by atoms with Crippen LogP contribution in [0.1, 0.15) is 13.3 Å². The maximum absolute atomic E-state index is 11.8. The van der Waals surface area contributed by atoms with Gasteiger partial charge in [-0.25, -0.2) is 0 Å². The highest BCUT2D eigenvalue weighted by Crippen LogP contribution is 2.23. The summed E-state index contributed by atoms with van der Waals surface area (Å²) < 4.78 is 35.5. The maximum atomic E-state index is 11.8. The van der Waals surface area contributed by atoms with E-state index in [0.717, 1.165) is 0 Å². The Morgan fingerprint density at radius 3 is 1.33 bits per heavy atom. The summed E-state index contributed by atoms with van der Waals surface area (Å²) >= 11 is 0. The van der Waals surface area contributed by atoms with Gasteiger partial charge in [-0.15, -0.1) is 0 Å². The zero-order valence-electron chi connectivity index (χ0n) is 5.46. The molecule has 0 aliphatic carbocycles. The van der Waals surface area contributed by atoms with Gasteiger partial charge in [0.2, 0.25) is 0 Å². The molecule has 0 amide bonds. The van der Waals surface area contributed by atoms with E-state index < -0.39 is 25.4 Å². The van der Waals surface area contributed by atoms with Gasteiger partial charge in [-0.3, -0.25) is 13.2 Å². The highest BCUT2D eigenvalue weighted by atomic mass is 19.1. The van der Waals surface area contributed by atoms with Crippen molar-refractivity contribution in [2.45, 2.75) is 13.3 Å². The van der Waals surface area contributed by atoms with Gasteiger partial charge < -0.3 is 0 Å². The molecule has 0 aromatic rings. The molecule has 0 bridgehead atoms. The summed E-state index contributed by atoms with van der Waals surface area (Å²) in [6.45, 7) is -1.14. The third-order valence-electron chi connectivity index (χ3n) is 1.60. The number of hydrogen-bond acceptors (Lipinski definition) is 0. The smallest absolute Gasteiger partial charge is 0.100 e. The van der Waals surface area contributed by atoms with E-state index in [1.165, 1.54) is 0 Å². The van der Waals surface area contributed by atoms with Crippen molar-refractivity contribution in [2.24, 2.45) is 5.41 Å². The lowest BCUT2D eigenvalue weighted by molar-refractivity contribution is 0.108. The second-order valence-corrected chi connectivity index (χ2v) is 2.25. The van der Waals surface area contributed by atoms with Crippen LogP contribution < -0.4 is 0 Å². The van der Waals surface area contributed by atoms with Crippen LogP contribution in [0.25, 0.3) is 0 Å². The molecule has 0 heterocycles. The molecule has 0 spiro atoms. The Labute approximate surface area is 53.1 Å². The maximum Gasteiger partial charge on any atom is 0.100 e. The lowest BCUT2D eigenvalue weighted by atomic mass is 9.90. The van der Waals surface area contributed by atoms with Gasteiger partial charge in [-0.2, -0.15) is 0 Å². The molecule has 0 aromatic heterocycles. The zero-order valence-corrected chi connectivity index (χ0v) is 5.46. The van der Waals surface area contributed by atoms with Crippen molar-refractivity contribution < 1.29 is 13.2 Å². The van der Waals surface area contributed by atoms with Gasteiger partial charge in [-0.05, 0) is 6.42 Å². The first-order chi connectivity index (χ1) is 4.24. The summed E-state index contributed by atoms with van der Waals surface area (Å²) in [7, 11) is 0. The van der Waals surface area contributed by atoms with E-state index in [0.29, 0.717) is 0 Å². The molecule has 9 heavy (non-hydrogen) atoms. The minimum Gasteiger partial charge on any atom is -0.250 e. The van der Waals surface area contributed by atoms with E-state index >= 15 is 0 Å². The predicted octanol–water partition coefficient (Wildman–Crippen LogP) is 2.29. The van der Waals surface area contributed by atoms with Crippen LogP contribution in [0.15, 0.2) is 0 Å². The molecule has 3 heteroatoms. The van der Waals surface area contributed by atoms with Crippen LogP contribution in [0.5, 0.6) is 0 Å². The Bertz CT molecular complexity index is 51.2. The predicted molar refractivity (Wildman–Crippen MR) is 30.6 cm³/mol. The molecule has 0 nitrogen and oxygen atoms in total. The summed E-state index contributed by atoms with van der Waals surface area (Å²) in [6.07, 6.45) is 0.219. The molecule has 0 saturated carbocycles. The van der Waals surface area contributed by atoms with Crippen LogP contribution in [0.4, 0.5) is 13.2 Å². The van der Waals surface area contributed by atoms with Gasteiger partial charge >= 0.3 is 0 Å². The van der Waals surface area contributed by atoms with Crippen molar-refractivity contribution in [1.29, 1.82) is 0 Å². The summed E-state index contributed by atoms with van der Waals surface area (Å²) in [5, 5.41) is 0. The Hall–Kier alpha value is -0.210. The topological polar surface area (TPSA) is 0 Å². The van der Waals surface area contributed by atoms with Crippen molar-refractivity contribution in [3.05, 3.63) is 0 Å². The molecule has 0 saturated heterocycles. The first-order valence-electron chi connectivity index (χ1n) is 2.92. The fraction of sp³-hybridized carbons (Fsp3) is 1.00. The van der Waals surface area contributed by atoms with Crippen molar-refractivity contribution >= 4 is 0 Å². The molecule has 0 unspecified atom stereocenters. The standard InChI is InChI=1S/C6H11F3/c1-2-6(3-7,4-8)5-9/h2-5H2,1H3. The van der Waals surface area contributed by atoms with E-state index in [4.69, 9.17) is 0 Å². The van der Waals surface area contributed by atoms with E-state index in [1.807, 2.05) is 0 Å². The van der Waals surface area contributed by atoms with Crippen LogP contribution in [-0.2, 0) is 0 Å². The summed E-state index contributed by atoms with van der Waals surface area (Å²) in [6, 6.07) is 0. The van der Waals surface area contributed by atoms with E-state index in [1.54, 1.807) is 6.92 Å². The minimum absolute atomic E-state index is 0.219. The minimum atomic E-state index is -1.33. The summed E-state index contributed by atoms with van der Waals surface area (Å²) in [5.74, 6) is 0. The molecule has 0 N–H and O–H groups in total. The monoisotopic (exact) mass is 140 g/mol. The largest absolute Gasteiger partial charge is 0.250 e. The molecule has 0 aliphatic heterocycles. The third-order valence-corrected chi connectivity index (χ3v) is 1.60. The molecule has 0 aliphatic rings. The summed E-state index contributed by atoms with van der Waals surface area (Å²) in [5.41, 5.74) is -1.33. The molecule has 0 atom stereocenters. The average Bonchev–Trinajstić information content (AvgIpc) is 1.95. The Morgan fingerprint density at radius 1 is 1.00 bits per heavy atom. The van der Waals surface area contributed by atoms with Crippen molar-refractivity contribution in [1.82, 2.24) is 0 Å². The SMILES string of the molecule is CCC(CF)(CF)CF. The fourth-order valence-corrected chi connectivity index (χ4v) is 0.391. The molecule has 0 rings (SSSR count). The number of halogens is 3. The zero-order chi connectivity index (χ0) is 7.33. The van der Waals surface area contributed by atoms with Crippen molar-refractivity contribution in [2.75, 3.05) is 20.0 Å². The first-order valence-corrected chi connectivity index (χ1v) is 2.92. The second-order valence-electron chi connectivity index (χ2n) is 2.25. The van der Waals surface area contributed by atoms with E-state index in [9.17, 15) is 13.2 Å².